The van der Waals surface area contributed by atoms with Crippen molar-refractivity contribution in [2.75, 3.05) is 14.2 Å². The lowest BCUT2D eigenvalue weighted by Gasteiger charge is -2.26. The fraction of sp³-hybridized carbons (Fsp3) is 0.571. The van der Waals surface area contributed by atoms with Gasteiger partial charge in [0, 0.05) is 6.04 Å². The van der Waals surface area contributed by atoms with Crippen LogP contribution in [0.5, 0.6) is 5.75 Å². The number of hydrogen-bond donors (Lipinski definition) is 1. The molecule has 1 rings (SSSR count). The molecule has 0 bridgehead atoms. The molecule has 0 saturated carbocycles. The maximum atomic E-state index is 5.25. The van der Waals surface area contributed by atoms with E-state index in [9.17, 15) is 0 Å². The van der Waals surface area contributed by atoms with Gasteiger partial charge in [-0.3, -0.25) is 0 Å². The molecule has 0 heterocycles. The molecular weight excluding hydrogens is 278 g/mol. The van der Waals surface area contributed by atoms with Gasteiger partial charge in [0.2, 0.25) is 0 Å². The first kappa shape index (κ1) is 14.5. The quantitative estimate of drug-likeness (QED) is 0.901. The highest BCUT2D eigenvalue weighted by Gasteiger charge is 2.19. The van der Waals surface area contributed by atoms with E-state index >= 15 is 0 Å². The Morgan fingerprint density at radius 3 is 2.41 bits per heavy atom. The van der Waals surface area contributed by atoms with Crippen LogP contribution in [0.3, 0.4) is 0 Å². The minimum Gasteiger partial charge on any atom is -0.496 e. The molecule has 1 N–H and O–H groups in total. The maximum absolute atomic E-state index is 5.25. The van der Waals surface area contributed by atoms with Crippen molar-refractivity contribution in [3.05, 3.63) is 28.2 Å². The molecule has 0 spiro atoms. The predicted molar refractivity (Wildman–Crippen MR) is 76.6 cm³/mol. The van der Waals surface area contributed by atoms with Gasteiger partial charge >= 0.3 is 0 Å². The monoisotopic (exact) mass is 299 g/mol. The van der Waals surface area contributed by atoms with E-state index in [-0.39, 0.29) is 0 Å². The zero-order valence-electron chi connectivity index (χ0n) is 11.3. The summed E-state index contributed by atoms with van der Waals surface area (Å²) in [4.78, 5) is 0. The van der Waals surface area contributed by atoms with E-state index in [1.165, 1.54) is 5.56 Å². The minimum absolute atomic E-state index is 0.306. The van der Waals surface area contributed by atoms with E-state index in [2.05, 4.69) is 54.2 Å². The molecule has 0 aromatic heterocycles. The van der Waals surface area contributed by atoms with Crippen LogP contribution in [-0.4, -0.2) is 14.2 Å². The van der Waals surface area contributed by atoms with Crippen molar-refractivity contribution in [2.24, 2.45) is 5.41 Å². The van der Waals surface area contributed by atoms with Crippen molar-refractivity contribution in [2.45, 2.75) is 33.2 Å². The maximum Gasteiger partial charge on any atom is 0.133 e. The van der Waals surface area contributed by atoms with Gasteiger partial charge in [-0.25, -0.2) is 0 Å². The second-order valence-corrected chi connectivity index (χ2v) is 6.35. The summed E-state index contributed by atoms with van der Waals surface area (Å²) in [7, 11) is 3.69. The van der Waals surface area contributed by atoms with Crippen LogP contribution in [0, 0.1) is 5.41 Å². The summed E-state index contributed by atoms with van der Waals surface area (Å²) in [6, 6.07) is 6.63. The van der Waals surface area contributed by atoms with Crippen LogP contribution in [0.2, 0.25) is 0 Å². The topological polar surface area (TPSA) is 21.3 Å². The van der Waals surface area contributed by atoms with Crippen LogP contribution in [0.4, 0.5) is 0 Å². The fourth-order valence-corrected chi connectivity index (χ4v) is 2.46. The molecule has 1 unspecified atom stereocenters. The zero-order chi connectivity index (χ0) is 13.1. The molecule has 0 amide bonds. The third kappa shape index (κ3) is 4.32. The Kier molecular flexibility index (Phi) is 5.02. The van der Waals surface area contributed by atoms with Gasteiger partial charge in [0.25, 0.3) is 0 Å². The van der Waals surface area contributed by atoms with Gasteiger partial charge in [-0.05, 0) is 52.5 Å². The standard InChI is InChI=1S/C14H22BrNO/c1-14(2,3)9-12(16-4)10-6-7-13(17-5)11(15)8-10/h6-8,12,16H,9H2,1-5H3. The van der Waals surface area contributed by atoms with E-state index in [0.29, 0.717) is 11.5 Å². The first-order chi connectivity index (χ1) is 7.87. The Morgan fingerprint density at radius 2 is 2.00 bits per heavy atom. The first-order valence-electron chi connectivity index (χ1n) is 5.88. The minimum atomic E-state index is 0.306. The lowest BCUT2D eigenvalue weighted by Crippen LogP contribution is -2.22. The molecule has 2 nitrogen and oxygen atoms in total. The number of nitrogens with one attached hydrogen (secondary N) is 1. The molecule has 1 aromatic carbocycles. The smallest absolute Gasteiger partial charge is 0.133 e. The van der Waals surface area contributed by atoms with Crippen LogP contribution in [0.25, 0.3) is 0 Å². The average Bonchev–Trinajstić information content (AvgIpc) is 2.24. The van der Waals surface area contributed by atoms with E-state index in [1.807, 2.05) is 13.1 Å². The van der Waals surface area contributed by atoms with Crippen LogP contribution in [0.15, 0.2) is 22.7 Å². The zero-order valence-corrected chi connectivity index (χ0v) is 12.9. The summed E-state index contributed by atoms with van der Waals surface area (Å²) in [5.41, 5.74) is 1.59. The third-order valence-electron chi connectivity index (χ3n) is 2.74. The number of halogens is 1. The highest BCUT2D eigenvalue weighted by atomic mass is 79.9. The molecule has 17 heavy (non-hydrogen) atoms. The summed E-state index contributed by atoms with van der Waals surface area (Å²) in [5.74, 6) is 0.874. The van der Waals surface area contributed by atoms with E-state index in [4.69, 9.17) is 4.74 Å². The van der Waals surface area contributed by atoms with Crippen LogP contribution in [-0.2, 0) is 0 Å². The Balaban J connectivity index is 2.93. The van der Waals surface area contributed by atoms with Crippen LogP contribution >= 0.6 is 15.9 Å². The van der Waals surface area contributed by atoms with Crippen molar-refractivity contribution in [1.29, 1.82) is 0 Å². The molecule has 3 heteroatoms. The summed E-state index contributed by atoms with van der Waals surface area (Å²) < 4.78 is 6.25. The van der Waals surface area contributed by atoms with Crippen molar-refractivity contribution in [1.82, 2.24) is 5.32 Å². The lowest BCUT2D eigenvalue weighted by molar-refractivity contribution is 0.320. The second kappa shape index (κ2) is 5.87. The second-order valence-electron chi connectivity index (χ2n) is 5.50. The van der Waals surface area contributed by atoms with Gasteiger partial charge in [0.05, 0.1) is 11.6 Å². The van der Waals surface area contributed by atoms with E-state index < -0.39 is 0 Å². The Morgan fingerprint density at radius 1 is 1.35 bits per heavy atom. The van der Waals surface area contributed by atoms with E-state index in [1.54, 1.807) is 7.11 Å². The highest BCUT2D eigenvalue weighted by Crippen LogP contribution is 2.33. The fourth-order valence-electron chi connectivity index (χ4n) is 1.90. The number of methoxy groups -OCH3 is 1. The summed E-state index contributed by atoms with van der Waals surface area (Å²) in [5, 5.41) is 3.38. The number of rotatable bonds is 4. The highest BCUT2D eigenvalue weighted by molar-refractivity contribution is 9.10. The van der Waals surface area contributed by atoms with Gasteiger partial charge in [-0.1, -0.05) is 26.8 Å². The van der Waals surface area contributed by atoms with Gasteiger partial charge in [-0.15, -0.1) is 0 Å². The van der Waals surface area contributed by atoms with Crippen molar-refractivity contribution in [3.63, 3.8) is 0 Å². The Hall–Kier alpha value is -0.540. The SMILES string of the molecule is CNC(CC(C)(C)C)c1ccc(OC)c(Br)c1. The molecule has 1 aromatic rings. The molecule has 0 fully saturated rings. The molecule has 96 valence electrons. The molecule has 0 saturated heterocycles. The largest absolute Gasteiger partial charge is 0.496 e. The number of hydrogen-bond acceptors (Lipinski definition) is 2. The van der Waals surface area contributed by atoms with Crippen LogP contribution in [0.1, 0.15) is 38.8 Å². The first-order valence-corrected chi connectivity index (χ1v) is 6.67. The van der Waals surface area contributed by atoms with Crippen molar-refractivity contribution < 1.29 is 4.74 Å². The Labute approximate surface area is 113 Å². The summed E-state index contributed by atoms with van der Waals surface area (Å²) >= 11 is 3.53. The van der Waals surface area contributed by atoms with E-state index in [0.717, 1.165) is 16.6 Å². The number of benzene rings is 1. The molecule has 0 aliphatic rings. The van der Waals surface area contributed by atoms with Crippen LogP contribution < -0.4 is 10.1 Å². The summed E-state index contributed by atoms with van der Waals surface area (Å²) in [6.45, 7) is 6.78. The average molecular weight is 300 g/mol. The van der Waals surface area contributed by atoms with Crippen molar-refractivity contribution >= 4 is 15.9 Å². The normalized spacial score (nSPS) is 13.5. The van der Waals surface area contributed by atoms with Gasteiger partial charge in [0.1, 0.15) is 5.75 Å². The Bertz CT molecular complexity index is 371. The van der Waals surface area contributed by atoms with Crippen molar-refractivity contribution in [3.8, 4) is 5.75 Å². The third-order valence-corrected chi connectivity index (χ3v) is 3.36. The van der Waals surface area contributed by atoms with Gasteiger partial charge in [0.15, 0.2) is 0 Å². The molecule has 0 aliphatic heterocycles. The molecule has 1 atom stereocenters. The summed E-state index contributed by atoms with van der Waals surface area (Å²) in [6.07, 6.45) is 1.10. The van der Waals surface area contributed by atoms with Gasteiger partial charge in [-0.2, -0.15) is 0 Å². The van der Waals surface area contributed by atoms with Gasteiger partial charge < -0.3 is 10.1 Å². The predicted octanol–water partition coefficient (Wildman–Crippen LogP) is 4.15. The molecular formula is C14H22BrNO. The molecule has 0 aliphatic carbocycles. The lowest BCUT2D eigenvalue weighted by atomic mass is 9.85. The number of ether oxygens (including phenoxy) is 1. The molecule has 0 radical (unpaired) electrons.